The van der Waals surface area contributed by atoms with Crippen LogP contribution < -0.4 is 20.1 Å². The van der Waals surface area contributed by atoms with Crippen LogP contribution in [0.25, 0.3) is 0 Å². The molecular formula is C18H23N5O4. The fourth-order valence-electron chi connectivity index (χ4n) is 2.42. The zero-order valence-corrected chi connectivity index (χ0v) is 15.2. The predicted molar refractivity (Wildman–Crippen MR) is 96.1 cm³/mol. The molecule has 9 heteroatoms. The lowest BCUT2D eigenvalue weighted by molar-refractivity contribution is -0.122. The molecule has 0 spiro atoms. The average Bonchev–Trinajstić information content (AvgIpc) is 3.36. The number of carbonyl (C=O) groups is 2. The second-order valence-corrected chi connectivity index (χ2v) is 6.29. The maximum atomic E-state index is 11.9. The normalized spacial score (nSPS) is 13.1. The van der Waals surface area contributed by atoms with Gasteiger partial charge in [0.2, 0.25) is 11.8 Å². The van der Waals surface area contributed by atoms with Crippen LogP contribution in [0.1, 0.15) is 25.0 Å². The van der Waals surface area contributed by atoms with Crippen molar-refractivity contribution in [2.45, 2.75) is 38.5 Å². The number of aromatic nitrogens is 3. The van der Waals surface area contributed by atoms with E-state index in [0.717, 1.165) is 12.8 Å². The molecule has 1 aliphatic rings. The van der Waals surface area contributed by atoms with E-state index < -0.39 is 0 Å². The van der Waals surface area contributed by atoms with Gasteiger partial charge in [0, 0.05) is 19.0 Å². The molecule has 0 bridgehead atoms. The SMILES string of the molecule is COc1ccccc1OCc1cn(CC(=O)NCCC(=O)NC2CC2)nn1. The van der Waals surface area contributed by atoms with Crippen LogP contribution in [-0.2, 0) is 22.7 Å². The minimum Gasteiger partial charge on any atom is -0.493 e. The molecule has 1 aromatic heterocycles. The maximum absolute atomic E-state index is 11.9. The van der Waals surface area contributed by atoms with Crippen molar-refractivity contribution in [3.63, 3.8) is 0 Å². The Kier molecular flexibility index (Phi) is 6.24. The number of methoxy groups -OCH3 is 1. The zero-order chi connectivity index (χ0) is 19.1. The van der Waals surface area contributed by atoms with E-state index in [9.17, 15) is 9.59 Å². The Bertz CT molecular complexity index is 788. The third kappa shape index (κ3) is 5.98. The van der Waals surface area contributed by atoms with E-state index in [-0.39, 0.29) is 31.4 Å². The Labute approximate surface area is 157 Å². The lowest BCUT2D eigenvalue weighted by atomic mass is 10.3. The number of hydrogen-bond donors (Lipinski definition) is 2. The van der Waals surface area contributed by atoms with Crippen LogP contribution in [0.4, 0.5) is 0 Å². The van der Waals surface area contributed by atoms with Crippen LogP contribution in [0.2, 0.25) is 0 Å². The largest absolute Gasteiger partial charge is 0.493 e. The number of nitrogens with zero attached hydrogens (tertiary/aromatic N) is 3. The summed E-state index contributed by atoms with van der Waals surface area (Å²) < 4.78 is 12.3. The van der Waals surface area contributed by atoms with Crippen molar-refractivity contribution in [1.82, 2.24) is 25.6 Å². The standard InChI is InChI=1S/C18H23N5O4/c1-26-15-4-2-3-5-16(15)27-12-14-10-23(22-21-14)11-18(25)19-9-8-17(24)20-13-6-7-13/h2-5,10,13H,6-9,11-12H2,1H3,(H,19,25)(H,20,24). The Morgan fingerprint density at radius 3 is 2.74 bits per heavy atom. The molecule has 9 nitrogen and oxygen atoms in total. The van der Waals surface area contributed by atoms with Crippen molar-refractivity contribution in [3.8, 4) is 11.5 Å². The highest BCUT2D eigenvalue weighted by Crippen LogP contribution is 2.26. The van der Waals surface area contributed by atoms with Crippen LogP contribution in [0.15, 0.2) is 30.5 Å². The fourth-order valence-corrected chi connectivity index (χ4v) is 2.42. The van der Waals surface area contributed by atoms with Crippen molar-refractivity contribution in [2.24, 2.45) is 0 Å². The van der Waals surface area contributed by atoms with Crippen LogP contribution in [0.3, 0.4) is 0 Å². The molecule has 0 atom stereocenters. The Hall–Kier alpha value is -3.10. The number of amides is 2. The first kappa shape index (κ1) is 18.7. The summed E-state index contributed by atoms with van der Waals surface area (Å²) >= 11 is 0. The summed E-state index contributed by atoms with van der Waals surface area (Å²) in [6, 6.07) is 7.65. The molecule has 0 radical (unpaired) electrons. The van der Waals surface area contributed by atoms with Crippen molar-refractivity contribution in [1.29, 1.82) is 0 Å². The lowest BCUT2D eigenvalue weighted by Crippen LogP contribution is -2.33. The van der Waals surface area contributed by atoms with E-state index in [1.165, 1.54) is 4.68 Å². The molecule has 3 rings (SSSR count). The van der Waals surface area contributed by atoms with Gasteiger partial charge in [-0.1, -0.05) is 17.3 Å². The monoisotopic (exact) mass is 373 g/mol. The number of rotatable bonds is 10. The number of para-hydroxylation sites is 2. The first-order valence-corrected chi connectivity index (χ1v) is 8.85. The van der Waals surface area contributed by atoms with Gasteiger partial charge in [-0.15, -0.1) is 5.10 Å². The summed E-state index contributed by atoms with van der Waals surface area (Å²) in [6.07, 6.45) is 4.02. The van der Waals surface area contributed by atoms with E-state index in [0.29, 0.717) is 29.8 Å². The summed E-state index contributed by atoms with van der Waals surface area (Å²) in [5, 5.41) is 13.5. The molecule has 1 heterocycles. The Morgan fingerprint density at radius 1 is 1.22 bits per heavy atom. The van der Waals surface area contributed by atoms with Gasteiger partial charge in [-0.3, -0.25) is 9.59 Å². The molecule has 27 heavy (non-hydrogen) atoms. The maximum Gasteiger partial charge on any atom is 0.241 e. The van der Waals surface area contributed by atoms with Crippen molar-refractivity contribution in [2.75, 3.05) is 13.7 Å². The van der Waals surface area contributed by atoms with Gasteiger partial charge in [0.25, 0.3) is 0 Å². The van der Waals surface area contributed by atoms with Gasteiger partial charge >= 0.3 is 0 Å². The summed E-state index contributed by atoms with van der Waals surface area (Å²) in [4.78, 5) is 23.5. The molecule has 2 amide bonds. The van der Waals surface area contributed by atoms with E-state index in [1.54, 1.807) is 25.4 Å². The second-order valence-electron chi connectivity index (χ2n) is 6.29. The number of benzene rings is 1. The van der Waals surface area contributed by atoms with E-state index >= 15 is 0 Å². The number of carbonyl (C=O) groups excluding carboxylic acids is 2. The fraction of sp³-hybridized carbons (Fsp3) is 0.444. The molecule has 0 unspecified atom stereocenters. The highest BCUT2D eigenvalue weighted by atomic mass is 16.5. The molecule has 0 aliphatic heterocycles. The van der Waals surface area contributed by atoms with Gasteiger partial charge in [0.1, 0.15) is 18.8 Å². The van der Waals surface area contributed by atoms with Crippen molar-refractivity contribution >= 4 is 11.8 Å². The summed E-state index contributed by atoms with van der Waals surface area (Å²) in [7, 11) is 1.58. The Morgan fingerprint density at radius 2 is 2.00 bits per heavy atom. The Balaban J connectivity index is 1.39. The first-order valence-electron chi connectivity index (χ1n) is 8.85. The predicted octanol–water partition coefficient (Wildman–Crippen LogP) is 0.651. The molecule has 0 saturated heterocycles. The van der Waals surface area contributed by atoms with Gasteiger partial charge in [-0.25, -0.2) is 4.68 Å². The molecule has 144 valence electrons. The van der Waals surface area contributed by atoms with Gasteiger partial charge in [-0.05, 0) is 25.0 Å². The summed E-state index contributed by atoms with van der Waals surface area (Å²) in [6.45, 7) is 0.547. The zero-order valence-electron chi connectivity index (χ0n) is 15.2. The molecule has 1 aliphatic carbocycles. The topological polar surface area (TPSA) is 107 Å². The smallest absolute Gasteiger partial charge is 0.241 e. The van der Waals surface area contributed by atoms with Crippen LogP contribution in [0.5, 0.6) is 11.5 Å². The number of ether oxygens (including phenoxy) is 2. The highest BCUT2D eigenvalue weighted by Gasteiger charge is 2.22. The van der Waals surface area contributed by atoms with Crippen LogP contribution in [0, 0.1) is 0 Å². The van der Waals surface area contributed by atoms with E-state index in [4.69, 9.17) is 9.47 Å². The number of hydrogen-bond acceptors (Lipinski definition) is 6. The number of nitrogens with one attached hydrogen (secondary N) is 2. The molecular weight excluding hydrogens is 350 g/mol. The summed E-state index contributed by atoms with van der Waals surface area (Å²) in [5.74, 6) is 0.984. The quantitative estimate of drug-likeness (QED) is 0.633. The molecule has 2 N–H and O–H groups in total. The van der Waals surface area contributed by atoms with Crippen LogP contribution >= 0.6 is 0 Å². The van der Waals surface area contributed by atoms with Gasteiger partial charge in [0.05, 0.1) is 13.3 Å². The van der Waals surface area contributed by atoms with Crippen molar-refractivity contribution < 1.29 is 19.1 Å². The molecule has 1 saturated carbocycles. The van der Waals surface area contributed by atoms with Gasteiger partial charge in [0.15, 0.2) is 11.5 Å². The minimum atomic E-state index is -0.226. The van der Waals surface area contributed by atoms with Crippen molar-refractivity contribution in [3.05, 3.63) is 36.2 Å². The second kappa shape index (κ2) is 9.02. The van der Waals surface area contributed by atoms with Gasteiger partial charge < -0.3 is 20.1 Å². The van der Waals surface area contributed by atoms with Gasteiger partial charge in [-0.2, -0.15) is 0 Å². The van der Waals surface area contributed by atoms with E-state index in [1.807, 2.05) is 12.1 Å². The minimum absolute atomic E-state index is 0.0330. The molecule has 2 aromatic rings. The first-order chi connectivity index (χ1) is 13.1. The molecule has 1 aromatic carbocycles. The average molecular weight is 373 g/mol. The van der Waals surface area contributed by atoms with Crippen LogP contribution in [-0.4, -0.2) is 46.5 Å². The third-order valence-corrected chi connectivity index (χ3v) is 3.95. The summed E-state index contributed by atoms with van der Waals surface area (Å²) in [5.41, 5.74) is 0.595. The molecule has 1 fully saturated rings. The lowest BCUT2D eigenvalue weighted by Gasteiger charge is -2.08. The van der Waals surface area contributed by atoms with E-state index in [2.05, 4.69) is 20.9 Å². The third-order valence-electron chi connectivity index (χ3n) is 3.95. The highest BCUT2D eigenvalue weighted by molar-refractivity contribution is 5.79.